The molecule has 4 rings (SSSR count). The molecule has 0 bridgehead atoms. The van der Waals surface area contributed by atoms with Crippen LogP contribution in [0.1, 0.15) is 22.5 Å². The lowest BCUT2D eigenvalue weighted by atomic mass is 10.1. The molecule has 1 aromatic heterocycles. The fourth-order valence-corrected chi connectivity index (χ4v) is 4.58. The Morgan fingerprint density at radius 3 is 2.38 bits per heavy atom. The van der Waals surface area contributed by atoms with Gasteiger partial charge in [0.15, 0.2) is 5.11 Å². The first-order valence-electron chi connectivity index (χ1n) is 9.80. The molecule has 2 amide bonds. The maximum atomic E-state index is 13.3. The Labute approximate surface area is 201 Å². The molecule has 2 heterocycles. The number of aryl methyl sites for hydroxylation is 2. The molecule has 162 valence electrons. The smallest absolute Gasteiger partial charge is 0.270 e. The first-order valence-corrected chi connectivity index (χ1v) is 11.0. The quantitative estimate of drug-likeness (QED) is 0.302. The fraction of sp³-hybridized carbons (Fsp3) is 0.125. The second-order valence-corrected chi connectivity index (χ2v) is 8.73. The third-order valence-corrected chi connectivity index (χ3v) is 6.20. The number of aromatic nitrogens is 1. The van der Waals surface area contributed by atoms with Crippen molar-refractivity contribution in [1.82, 2.24) is 9.88 Å². The van der Waals surface area contributed by atoms with Gasteiger partial charge in [-0.2, -0.15) is 0 Å². The lowest BCUT2D eigenvalue weighted by molar-refractivity contribution is -0.122. The summed E-state index contributed by atoms with van der Waals surface area (Å²) in [4.78, 5) is 27.4. The van der Waals surface area contributed by atoms with E-state index in [2.05, 4.69) is 5.32 Å². The van der Waals surface area contributed by atoms with Gasteiger partial charge in [-0.25, -0.2) is 0 Å². The molecule has 0 atom stereocenters. The van der Waals surface area contributed by atoms with E-state index in [-0.39, 0.29) is 10.7 Å². The van der Waals surface area contributed by atoms with Crippen molar-refractivity contribution in [1.29, 1.82) is 0 Å². The Hall–Kier alpha value is -2.93. The van der Waals surface area contributed by atoms with E-state index < -0.39 is 11.8 Å². The van der Waals surface area contributed by atoms with Crippen LogP contribution in [-0.4, -0.2) is 21.5 Å². The van der Waals surface area contributed by atoms with Crippen LogP contribution in [0, 0.1) is 20.8 Å². The SMILES string of the molecule is Cc1ccccc1N1C(=O)/C(=C/c2cc(C)n(-c3ccc(Cl)cc3Cl)c2C)C(=O)NC1=S. The largest absolute Gasteiger partial charge is 0.316 e. The van der Waals surface area contributed by atoms with Gasteiger partial charge in [0.2, 0.25) is 0 Å². The van der Waals surface area contributed by atoms with Crippen LogP contribution in [0.4, 0.5) is 5.69 Å². The van der Waals surface area contributed by atoms with E-state index in [1.165, 1.54) is 4.90 Å². The number of halogens is 2. The predicted molar refractivity (Wildman–Crippen MR) is 133 cm³/mol. The van der Waals surface area contributed by atoms with Gasteiger partial charge in [0, 0.05) is 16.4 Å². The van der Waals surface area contributed by atoms with Gasteiger partial charge in [-0.3, -0.25) is 19.8 Å². The monoisotopic (exact) mass is 483 g/mol. The van der Waals surface area contributed by atoms with Gasteiger partial charge < -0.3 is 4.57 Å². The molecule has 1 fully saturated rings. The topological polar surface area (TPSA) is 54.3 Å². The Bertz CT molecular complexity index is 1330. The van der Waals surface area contributed by atoms with Crippen molar-refractivity contribution in [3.8, 4) is 5.69 Å². The van der Waals surface area contributed by atoms with Crippen molar-refractivity contribution < 1.29 is 9.59 Å². The van der Waals surface area contributed by atoms with Crippen molar-refractivity contribution in [2.45, 2.75) is 20.8 Å². The summed E-state index contributed by atoms with van der Waals surface area (Å²) in [7, 11) is 0. The number of carbonyl (C=O) groups is 2. The summed E-state index contributed by atoms with van der Waals surface area (Å²) < 4.78 is 1.96. The van der Waals surface area contributed by atoms with Gasteiger partial charge in [-0.1, -0.05) is 41.4 Å². The van der Waals surface area contributed by atoms with E-state index in [1.807, 2.05) is 55.7 Å². The van der Waals surface area contributed by atoms with Gasteiger partial charge >= 0.3 is 0 Å². The van der Waals surface area contributed by atoms with Gasteiger partial charge in [0.05, 0.1) is 16.4 Å². The zero-order valence-electron chi connectivity index (χ0n) is 17.6. The normalized spacial score (nSPS) is 15.5. The molecule has 1 aliphatic heterocycles. The Kier molecular flexibility index (Phi) is 5.95. The van der Waals surface area contributed by atoms with Gasteiger partial charge in [-0.05, 0) is 80.5 Å². The van der Waals surface area contributed by atoms with Crippen LogP contribution in [0.5, 0.6) is 0 Å². The van der Waals surface area contributed by atoms with E-state index in [9.17, 15) is 9.59 Å². The van der Waals surface area contributed by atoms with Crippen molar-refractivity contribution in [3.05, 3.63) is 86.7 Å². The molecule has 5 nitrogen and oxygen atoms in total. The molecule has 2 aromatic carbocycles. The second kappa shape index (κ2) is 8.54. The zero-order chi connectivity index (χ0) is 23.2. The number of rotatable bonds is 3. The van der Waals surface area contributed by atoms with Crippen LogP contribution in [0.15, 0.2) is 54.1 Å². The summed E-state index contributed by atoms with van der Waals surface area (Å²) in [5, 5.41) is 3.73. The van der Waals surface area contributed by atoms with Gasteiger partial charge in [0.1, 0.15) is 5.57 Å². The molecule has 0 unspecified atom stereocenters. The highest BCUT2D eigenvalue weighted by molar-refractivity contribution is 7.80. The minimum Gasteiger partial charge on any atom is -0.316 e. The number of nitrogens with zero attached hydrogens (tertiary/aromatic N) is 2. The van der Waals surface area contributed by atoms with E-state index in [1.54, 1.807) is 24.3 Å². The van der Waals surface area contributed by atoms with Crippen molar-refractivity contribution in [2.75, 3.05) is 4.90 Å². The van der Waals surface area contributed by atoms with E-state index in [4.69, 9.17) is 35.4 Å². The molecule has 0 saturated carbocycles. The molecule has 8 heteroatoms. The summed E-state index contributed by atoms with van der Waals surface area (Å²) in [6.07, 6.45) is 1.59. The zero-order valence-corrected chi connectivity index (χ0v) is 19.9. The molecular formula is C24H19Cl2N3O2S. The lowest BCUT2D eigenvalue weighted by Crippen LogP contribution is -2.54. The summed E-state index contributed by atoms with van der Waals surface area (Å²) in [6, 6.07) is 14.5. The predicted octanol–water partition coefficient (Wildman–Crippen LogP) is 5.54. The first-order chi connectivity index (χ1) is 15.2. The minimum absolute atomic E-state index is 0.00399. The highest BCUT2D eigenvalue weighted by atomic mass is 35.5. The summed E-state index contributed by atoms with van der Waals surface area (Å²) in [5.74, 6) is -0.999. The van der Waals surface area contributed by atoms with Crippen molar-refractivity contribution in [2.24, 2.45) is 0 Å². The standard InChI is InChI=1S/C24H19Cl2N3O2S/c1-13-6-4-5-7-20(13)29-23(31)18(22(30)27-24(29)32)11-16-10-14(2)28(15(16)3)21-9-8-17(25)12-19(21)26/h4-12H,1-3H3,(H,27,30,32)/b18-11+. The third kappa shape index (κ3) is 3.86. The highest BCUT2D eigenvalue weighted by Crippen LogP contribution is 2.31. The van der Waals surface area contributed by atoms with Crippen LogP contribution < -0.4 is 10.2 Å². The molecule has 3 aromatic rings. The molecule has 0 spiro atoms. The lowest BCUT2D eigenvalue weighted by Gasteiger charge is -2.30. The molecule has 0 aliphatic carbocycles. The second-order valence-electron chi connectivity index (χ2n) is 7.50. The number of nitrogens with one attached hydrogen (secondary N) is 1. The number of amides is 2. The Morgan fingerprint density at radius 1 is 0.969 bits per heavy atom. The third-order valence-electron chi connectivity index (χ3n) is 5.38. The van der Waals surface area contributed by atoms with E-state index in [0.29, 0.717) is 15.7 Å². The van der Waals surface area contributed by atoms with Crippen LogP contribution in [0.25, 0.3) is 11.8 Å². The van der Waals surface area contributed by atoms with Crippen LogP contribution in [0.2, 0.25) is 10.0 Å². The van der Waals surface area contributed by atoms with E-state index >= 15 is 0 Å². The maximum absolute atomic E-state index is 13.3. The fourth-order valence-electron chi connectivity index (χ4n) is 3.81. The van der Waals surface area contributed by atoms with E-state index in [0.717, 1.165) is 28.2 Å². The summed E-state index contributed by atoms with van der Waals surface area (Å²) in [6.45, 7) is 5.71. The molecular weight excluding hydrogens is 465 g/mol. The highest BCUT2D eigenvalue weighted by Gasteiger charge is 2.35. The number of thiocarbonyl (C=S) groups is 1. The van der Waals surface area contributed by atoms with Crippen molar-refractivity contribution >= 4 is 64.1 Å². The number of benzene rings is 2. The summed E-state index contributed by atoms with van der Waals surface area (Å²) in [5.41, 5.74) is 4.72. The average Bonchev–Trinajstić information content (AvgIpc) is 3.00. The molecule has 1 N–H and O–H groups in total. The maximum Gasteiger partial charge on any atom is 0.270 e. The average molecular weight is 484 g/mol. The van der Waals surface area contributed by atoms with Gasteiger partial charge in [-0.15, -0.1) is 0 Å². The first kappa shape index (κ1) is 22.3. The number of hydrogen-bond donors (Lipinski definition) is 1. The molecule has 1 saturated heterocycles. The van der Waals surface area contributed by atoms with Gasteiger partial charge in [0.25, 0.3) is 11.8 Å². The number of para-hydroxylation sites is 1. The molecule has 0 radical (unpaired) electrons. The van der Waals surface area contributed by atoms with Crippen molar-refractivity contribution in [3.63, 3.8) is 0 Å². The minimum atomic E-state index is -0.529. The number of anilines is 1. The molecule has 32 heavy (non-hydrogen) atoms. The molecule has 1 aliphatic rings. The summed E-state index contributed by atoms with van der Waals surface area (Å²) >= 11 is 17.7. The van der Waals surface area contributed by atoms with Crippen LogP contribution in [0.3, 0.4) is 0 Å². The van der Waals surface area contributed by atoms with Crippen LogP contribution in [-0.2, 0) is 9.59 Å². The number of carbonyl (C=O) groups excluding carboxylic acids is 2. The Balaban J connectivity index is 1.80. The Morgan fingerprint density at radius 2 is 1.69 bits per heavy atom. The van der Waals surface area contributed by atoms with Crippen LogP contribution >= 0.6 is 35.4 Å². The number of hydrogen-bond acceptors (Lipinski definition) is 3.